The van der Waals surface area contributed by atoms with Crippen LogP contribution in [0.2, 0.25) is 10.0 Å². The summed E-state index contributed by atoms with van der Waals surface area (Å²) in [6.45, 7) is 1.82. The van der Waals surface area contributed by atoms with Crippen LogP contribution in [-0.2, 0) is 14.3 Å². The van der Waals surface area contributed by atoms with Crippen LogP contribution in [0.5, 0.6) is 0 Å². The summed E-state index contributed by atoms with van der Waals surface area (Å²) in [4.78, 5) is 38.7. The lowest BCUT2D eigenvalue weighted by molar-refractivity contribution is -0.126. The number of imide groups is 1. The quantitative estimate of drug-likeness (QED) is 0.435. The minimum atomic E-state index is -0.761. The van der Waals surface area contributed by atoms with E-state index in [9.17, 15) is 14.4 Å². The van der Waals surface area contributed by atoms with Crippen molar-refractivity contribution in [2.75, 3.05) is 11.5 Å². The highest BCUT2D eigenvalue weighted by Crippen LogP contribution is 2.50. The highest BCUT2D eigenvalue weighted by Gasteiger charge is 2.44. The van der Waals surface area contributed by atoms with Gasteiger partial charge in [0.1, 0.15) is 0 Å². The van der Waals surface area contributed by atoms with E-state index in [1.54, 1.807) is 19.1 Å². The average Bonchev–Trinajstić information content (AvgIpc) is 2.86. The molecule has 1 saturated heterocycles. The Morgan fingerprint density at radius 3 is 2.43 bits per heavy atom. The summed E-state index contributed by atoms with van der Waals surface area (Å²) in [6.07, 6.45) is 5.68. The van der Waals surface area contributed by atoms with E-state index in [-0.39, 0.29) is 30.4 Å². The van der Waals surface area contributed by atoms with Gasteiger partial charge in [-0.05, 0) is 54.2 Å². The Hall–Kier alpha value is -2.57. The van der Waals surface area contributed by atoms with Gasteiger partial charge >= 0.3 is 6.09 Å². The molecule has 0 spiro atoms. The molecule has 1 N–H and O–H groups in total. The molecule has 1 saturated carbocycles. The molecule has 1 aliphatic carbocycles. The van der Waals surface area contributed by atoms with Gasteiger partial charge in [-0.15, -0.1) is 0 Å². The normalized spacial score (nSPS) is 22.8. The largest absolute Gasteiger partial charge is 0.449 e. The molecule has 8 heteroatoms. The molecule has 3 atom stereocenters. The van der Waals surface area contributed by atoms with E-state index in [0.717, 1.165) is 41.7 Å². The van der Waals surface area contributed by atoms with Gasteiger partial charge in [-0.25, -0.2) is 9.69 Å². The molecule has 0 aromatic heterocycles. The second-order valence-corrected chi connectivity index (χ2v) is 10.1. The topological polar surface area (TPSA) is 75.7 Å². The average molecular weight is 517 g/mol. The lowest BCUT2D eigenvalue weighted by Crippen LogP contribution is -2.45. The predicted molar refractivity (Wildman–Crippen MR) is 137 cm³/mol. The van der Waals surface area contributed by atoms with Crippen LogP contribution in [-0.4, -0.2) is 25.0 Å². The van der Waals surface area contributed by atoms with Crippen molar-refractivity contribution >= 4 is 47.3 Å². The number of halogens is 2. The first-order valence-electron chi connectivity index (χ1n) is 12.2. The Labute approximate surface area is 215 Å². The van der Waals surface area contributed by atoms with Crippen LogP contribution >= 0.6 is 23.2 Å². The van der Waals surface area contributed by atoms with E-state index in [1.807, 2.05) is 30.3 Å². The van der Waals surface area contributed by atoms with Crippen LogP contribution in [0.25, 0.3) is 0 Å². The summed E-state index contributed by atoms with van der Waals surface area (Å²) in [6, 6.07) is 12.4. The maximum absolute atomic E-state index is 13.0. The van der Waals surface area contributed by atoms with Gasteiger partial charge in [-0.2, -0.15) is 0 Å². The van der Waals surface area contributed by atoms with Gasteiger partial charge in [0, 0.05) is 22.4 Å². The number of anilines is 1. The molecule has 1 heterocycles. The van der Waals surface area contributed by atoms with Crippen molar-refractivity contribution in [1.82, 2.24) is 5.32 Å². The lowest BCUT2D eigenvalue weighted by atomic mass is 9.65. The van der Waals surface area contributed by atoms with Crippen LogP contribution in [0.4, 0.5) is 10.5 Å². The molecule has 0 bridgehead atoms. The molecule has 0 radical (unpaired) electrons. The van der Waals surface area contributed by atoms with E-state index < -0.39 is 6.09 Å². The molecule has 0 unspecified atom stereocenters. The fraction of sp³-hybridized carbons (Fsp3) is 0.444. The summed E-state index contributed by atoms with van der Waals surface area (Å²) >= 11 is 12.5. The summed E-state index contributed by atoms with van der Waals surface area (Å²) in [5.41, 5.74) is 2.08. The van der Waals surface area contributed by atoms with E-state index in [2.05, 4.69) is 5.32 Å². The number of carbonyl (C=O) groups excluding carboxylic acids is 3. The smallest absolute Gasteiger partial charge is 0.420 e. The summed E-state index contributed by atoms with van der Waals surface area (Å²) in [7, 11) is 0. The van der Waals surface area contributed by atoms with Crippen molar-refractivity contribution in [1.29, 1.82) is 0 Å². The molecule has 2 aromatic rings. The highest BCUT2D eigenvalue weighted by molar-refractivity contribution is 6.31. The van der Waals surface area contributed by atoms with Gasteiger partial charge in [0.2, 0.25) is 12.3 Å². The first-order chi connectivity index (χ1) is 16.9. The maximum Gasteiger partial charge on any atom is 0.420 e. The number of carbonyl (C=O) groups is 3. The van der Waals surface area contributed by atoms with Gasteiger partial charge in [0.05, 0.1) is 18.3 Å². The molecule has 2 aliphatic rings. The molecule has 4 rings (SSSR count). The standard InChI is InChI=1S/C27H30Cl2N2O4/c1-2-35-27(34)31(16-32)23-14-20(29)12-13-21(23)25-22(17-6-4-3-5-7-17)15-24(33)30-26(25)18-8-10-19(28)11-9-18/h8-14,16-17,22,25-26H,2-7,15H2,1H3,(H,30,33)/t22-,25+,26-/m1/s1. The van der Waals surface area contributed by atoms with Gasteiger partial charge in [0.25, 0.3) is 0 Å². The van der Waals surface area contributed by atoms with Crippen molar-refractivity contribution in [2.45, 2.75) is 57.4 Å². The third-order valence-electron chi connectivity index (χ3n) is 7.22. The summed E-state index contributed by atoms with van der Waals surface area (Å²) in [5.74, 6) is 0.233. The molecule has 186 valence electrons. The fourth-order valence-electron chi connectivity index (χ4n) is 5.70. The number of nitrogens with zero attached hydrogens (tertiary/aromatic N) is 1. The molecule has 35 heavy (non-hydrogen) atoms. The number of amides is 3. The maximum atomic E-state index is 13.0. The van der Waals surface area contributed by atoms with Gasteiger partial charge in [0.15, 0.2) is 0 Å². The van der Waals surface area contributed by atoms with Crippen molar-refractivity contribution in [3.63, 3.8) is 0 Å². The number of rotatable bonds is 6. The van der Waals surface area contributed by atoms with Crippen LogP contribution in [0, 0.1) is 11.8 Å². The SMILES string of the molecule is CCOC(=O)N(C=O)c1cc(Cl)ccc1[C@@H]1[C@@H](c2ccc(Cl)cc2)NC(=O)C[C@@H]1C1CCCCC1. The first-order valence-corrected chi connectivity index (χ1v) is 12.9. The Balaban J connectivity index is 1.87. The first kappa shape index (κ1) is 25.5. The molecular weight excluding hydrogens is 487 g/mol. The number of piperidine rings is 1. The number of hydrogen-bond acceptors (Lipinski definition) is 4. The summed E-state index contributed by atoms with van der Waals surface area (Å²) in [5, 5.41) is 4.19. The van der Waals surface area contributed by atoms with Gasteiger partial charge < -0.3 is 10.1 Å². The minimum absolute atomic E-state index is 0.00456. The zero-order valence-corrected chi connectivity index (χ0v) is 21.2. The number of ether oxygens (including phenoxy) is 1. The lowest BCUT2D eigenvalue weighted by Gasteiger charge is -2.44. The molecule has 2 fully saturated rings. The van der Waals surface area contributed by atoms with Crippen molar-refractivity contribution in [2.24, 2.45) is 11.8 Å². The minimum Gasteiger partial charge on any atom is -0.449 e. The van der Waals surface area contributed by atoms with E-state index in [1.165, 1.54) is 6.42 Å². The van der Waals surface area contributed by atoms with Crippen LogP contribution in [0.3, 0.4) is 0 Å². The van der Waals surface area contributed by atoms with Crippen LogP contribution in [0.1, 0.15) is 68.5 Å². The highest BCUT2D eigenvalue weighted by atomic mass is 35.5. The Bertz CT molecular complexity index is 1070. The zero-order chi connectivity index (χ0) is 24.9. The Kier molecular flexibility index (Phi) is 8.34. The van der Waals surface area contributed by atoms with E-state index in [4.69, 9.17) is 27.9 Å². The Morgan fingerprint density at radius 1 is 1.09 bits per heavy atom. The second kappa shape index (κ2) is 11.4. The molecule has 3 amide bonds. The van der Waals surface area contributed by atoms with Gasteiger partial charge in [-0.1, -0.05) is 73.5 Å². The third-order valence-corrected chi connectivity index (χ3v) is 7.71. The predicted octanol–water partition coefficient (Wildman–Crippen LogP) is 6.65. The van der Waals surface area contributed by atoms with Crippen molar-refractivity contribution in [3.8, 4) is 0 Å². The molecule has 1 aliphatic heterocycles. The molecular formula is C27H30Cl2N2O4. The van der Waals surface area contributed by atoms with Crippen molar-refractivity contribution in [3.05, 3.63) is 63.6 Å². The molecule has 2 aromatic carbocycles. The van der Waals surface area contributed by atoms with Gasteiger partial charge in [-0.3, -0.25) is 9.59 Å². The van der Waals surface area contributed by atoms with Crippen LogP contribution in [0.15, 0.2) is 42.5 Å². The zero-order valence-electron chi connectivity index (χ0n) is 19.7. The number of nitrogens with one attached hydrogen (secondary N) is 1. The van der Waals surface area contributed by atoms with Crippen LogP contribution < -0.4 is 10.2 Å². The monoisotopic (exact) mass is 516 g/mol. The van der Waals surface area contributed by atoms with Crippen molar-refractivity contribution < 1.29 is 19.1 Å². The fourth-order valence-corrected chi connectivity index (χ4v) is 5.99. The molecule has 6 nitrogen and oxygen atoms in total. The summed E-state index contributed by atoms with van der Waals surface area (Å²) < 4.78 is 5.14. The third kappa shape index (κ3) is 5.65. The second-order valence-electron chi connectivity index (χ2n) is 9.27. The number of hydrogen-bond donors (Lipinski definition) is 1. The van der Waals surface area contributed by atoms with E-state index >= 15 is 0 Å². The van der Waals surface area contributed by atoms with E-state index in [0.29, 0.717) is 34.5 Å². The Morgan fingerprint density at radius 2 is 1.77 bits per heavy atom. The number of benzene rings is 2.